The van der Waals surface area contributed by atoms with E-state index in [4.69, 9.17) is 0 Å². The number of thiazole rings is 1. The first-order chi connectivity index (χ1) is 14.0. The lowest BCUT2D eigenvalue weighted by Crippen LogP contribution is -2.12. The van der Waals surface area contributed by atoms with E-state index in [-0.39, 0.29) is 17.7 Å². The molecule has 0 atom stereocenters. The summed E-state index contributed by atoms with van der Waals surface area (Å²) in [6.45, 7) is 1.44. The van der Waals surface area contributed by atoms with E-state index in [0.717, 1.165) is 5.56 Å². The first kappa shape index (κ1) is 20.0. The highest BCUT2D eigenvalue weighted by atomic mass is 32.1. The zero-order valence-electron chi connectivity index (χ0n) is 15.5. The van der Waals surface area contributed by atoms with Crippen molar-refractivity contribution in [3.05, 3.63) is 77.3 Å². The fourth-order valence-corrected chi connectivity index (χ4v) is 2.92. The van der Waals surface area contributed by atoms with Crippen LogP contribution in [0.1, 0.15) is 22.8 Å². The molecule has 3 rings (SSSR count). The number of amides is 3. The van der Waals surface area contributed by atoms with Crippen molar-refractivity contribution in [2.45, 2.75) is 6.92 Å². The molecule has 0 unspecified atom stereocenters. The van der Waals surface area contributed by atoms with E-state index >= 15 is 0 Å². The Morgan fingerprint density at radius 1 is 0.897 bits per heavy atom. The molecule has 1 aromatic heterocycles. The van der Waals surface area contributed by atoms with Gasteiger partial charge in [-0.15, -0.1) is 11.3 Å². The standard InChI is InChI=1S/C21H18N4O3S/c1-14(26)23-17-7-2-15(3-8-17)4-11-19(27)24-18-9-5-16(6-10-18)20(28)25-21-22-12-13-29-21/h2-13H,1H3,(H,23,26)(H,24,27)(H,22,25,28)/b11-4+. The van der Waals surface area contributed by atoms with Gasteiger partial charge < -0.3 is 10.6 Å². The molecule has 3 N–H and O–H groups in total. The molecule has 3 amide bonds. The van der Waals surface area contributed by atoms with E-state index in [9.17, 15) is 14.4 Å². The van der Waals surface area contributed by atoms with Gasteiger partial charge in [-0.05, 0) is 48.0 Å². The third-order valence-corrected chi connectivity index (χ3v) is 4.41. The van der Waals surface area contributed by atoms with E-state index < -0.39 is 0 Å². The van der Waals surface area contributed by atoms with Gasteiger partial charge in [0.15, 0.2) is 5.13 Å². The summed E-state index contributed by atoms with van der Waals surface area (Å²) in [4.78, 5) is 39.2. The second-order valence-electron chi connectivity index (χ2n) is 5.99. The fourth-order valence-electron chi connectivity index (χ4n) is 2.40. The molecule has 8 heteroatoms. The van der Waals surface area contributed by atoms with Crippen LogP contribution in [0.2, 0.25) is 0 Å². The van der Waals surface area contributed by atoms with Gasteiger partial charge in [-0.2, -0.15) is 0 Å². The van der Waals surface area contributed by atoms with Crippen LogP contribution < -0.4 is 16.0 Å². The fraction of sp³-hybridized carbons (Fsp3) is 0.0476. The van der Waals surface area contributed by atoms with Crippen molar-refractivity contribution in [2.24, 2.45) is 0 Å². The highest BCUT2D eigenvalue weighted by Gasteiger charge is 2.07. The predicted molar refractivity (Wildman–Crippen MR) is 115 cm³/mol. The van der Waals surface area contributed by atoms with Gasteiger partial charge in [0.2, 0.25) is 11.8 Å². The topological polar surface area (TPSA) is 100 Å². The van der Waals surface area contributed by atoms with E-state index in [0.29, 0.717) is 22.1 Å². The summed E-state index contributed by atoms with van der Waals surface area (Å²) in [6.07, 6.45) is 4.70. The number of hydrogen-bond acceptors (Lipinski definition) is 5. The van der Waals surface area contributed by atoms with Crippen LogP contribution in [0.25, 0.3) is 6.08 Å². The van der Waals surface area contributed by atoms with Gasteiger partial charge >= 0.3 is 0 Å². The SMILES string of the molecule is CC(=O)Nc1ccc(/C=C/C(=O)Nc2ccc(C(=O)Nc3nccs3)cc2)cc1. The molecule has 1 heterocycles. The van der Waals surface area contributed by atoms with Gasteiger partial charge in [0.1, 0.15) is 0 Å². The normalized spacial score (nSPS) is 10.5. The van der Waals surface area contributed by atoms with Gasteiger partial charge in [-0.25, -0.2) is 4.98 Å². The van der Waals surface area contributed by atoms with Crippen LogP contribution in [-0.4, -0.2) is 22.7 Å². The molecule has 0 spiro atoms. The van der Waals surface area contributed by atoms with Gasteiger partial charge in [0.25, 0.3) is 5.91 Å². The van der Waals surface area contributed by atoms with E-state index in [1.165, 1.54) is 24.3 Å². The Morgan fingerprint density at radius 2 is 1.55 bits per heavy atom. The average molecular weight is 406 g/mol. The lowest BCUT2D eigenvalue weighted by Gasteiger charge is -2.05. The molecule has 29 heavy (non-hydrogen) atoms. The molecule has 3 aromatic rings. The number of nitrogens with zero attached hydrogens (tertiary/aromatic N) is 1. The molecule has 7 nitrogen and oxygen atoms in total. The van der Waals surface area contributed by atoms with Crippen molar-refractivity contribution in [1.82, 2.24) is 4.98 Å². The number of hydrogen-bond donors (Lipinski definition) is 3. The minimum Gasteiger partial charge on any atom is -0.326 e. The van der Waals surface area contributed by atoms with Gasteiger partial charge in [0.05, 0.1) is 0 Å². The Morgan fingerprint density at radius 3 is 2.17 bits per heavy atom. The summed E-state index contributed by atoms with van der Waals surface area (Å²) < 4.78 is 0. The highest BCUT2D eigenvalue weighted by molar-refractivity contribution is 7.13. The second kappa shape index (κ2) is 9.43. The molecule has 2 aromatic carbocycles. The molecular weight excluding hydrogens is 388 g/mol. The Labute approximate surface area is 171 Å². The maximum absolute atomic E-state index is 12.1. The maximum atomic E-state index is 12.1. The summed E-state index contributed by atoms with van der Waals surface area (Å²) >= 11 is 1.34. The van der Waals surface area contributed by atoms with Crippen LogP contribution in [0, 0.1) is 0 Å². The van der Waals surface area contributed by atoms with Crippen LogP contribution in [0.15, 0.2) is 66.2 Å². The van der Waals surface area contributed by atoms with Gasteiger partial charge in [-0.1, -0.05) is 12.1 Å². The molecule has 0 bridgehead atoms. The smallest absolute Gasteiger partial charge is 0.257 e. The molecular formula is C21H18N4O3S. The van der Waals surface area contributed by atoms with E-state index in [1.54, 1.807) is 66.2 Å². The van der Waals surface area contributed by atoms with Crippen LogP contribution in [0.3, 0.4) is 0 Å². The summed E-state index contributed by atoms with van der Waals surface area (Å²) in [5, 5.41) is 10.4. The number of carbonyl (C=O) groups is 3. The van der Waals surface area contributed by atoms with Crippen molar-refractivity contribution in [3.63, 3.8) is 0 Å². The summed E-state index contributed by atoms with van der Waals surface area (Å²) in [5.41, 5.74) is 2.56. The molecule has 0 aliphatic heterocycles. The van der Waals surface area contributed by atoms with Crippen LogP contribution in [0.5, 0.6) is 0 Å². The highest BCUT2D eigenvalue weighted by Crippen LogP contribution is 2.15. The lowest BCUT2D eigenvalue weighted by molar-refractivity contribution is -0.114. The molecule has 0 fully saturated rings. The van der Waals surface area contributed by atoms with Crippen LogP contribution in [-0.2, 0) is 9.59 Å². The third-order valence-electron chi connectivity index (χ3n) is 3.73. The minimum absolute atomic E-state index is 0.139. The average Bonchev–Trinajstić information content (AvgIpc) is 3.20. The van der Waals surface area contributed by atoms with E-state index in [1.807, 2.05) is 0 Å². The number of carbonyl (C=O) groups excluding carboxylic acids is 3. The van der Waals surface area contributed by atoms with Crippen molar-refractivity contribution in [3.8, 4) is 0 Å². The van der Waals surface area contributed by atoms with Gasteiger partial charge in [-0.3, -0.25) is 19.7 Å². The number of benzene rings is 2. The number of anilines is 3. The molecule has 0 saturated carbocycles. The maximum Gasteiger partial charge on any atom is 0.257 e. The molecule has 146 valence electrons. The minimum atomic E-state index is -0.295. The number of aromatic nitrogens is 1. The largest absolute Gasteiger partial charge is 0.326 e. The first-order valence-electron chi connectivity index (χ1n) is 8.67. The van der Waals surface area contributed by atoms with Crippen molar-refractivity contribution in [1.29, 1.82) is 0 Å². The zero-order chi connectivity index (χ0) is 20.6. The predicted octanol–water partition coefficient (Wildman–Crippen LogP) is 4.01. The Hall–Kier alpha value is -3.78. The third kappa shape index (κ3) is 6.12. The van der Waals surface area contributed by atoms with Crippen molar-refractivity contribution in [2.75, 3.05) is 16.0 Å². The Kier molecular flexibility index (Phi) is 6.49. The monoisotopic (exact) mass is 406 g/mol. The number of rotatable bonds is 6. The molecule has 0 aliphatic carbocycles. The summed E-state index contributed by atoms with van der Waals surface area (Å²) in [7, 11) is 0. The summed E-state index contributed by atoms with van der Waals surface area (Å²) in [5.74, 6) is -0.698. The molecule has 0 radical (unpaired) electrons. The number of nitrogens with one attached hydrogen (secondary N) is 3. The Balaban J connectivity index is 1.54. The zero-order valence-corrected chi connectivity index (χ0v) is 16.3. The lowest BCUT2D eigenvalue weighted by atomic mass is 10.2. The summed E-state index contributed by atoms with van der Waals surface area (Å²) in [6, 6.07) is 13.7. The first-order valence-corrected chi connectivity index (χ1v) is 9.55. The van der Waals surface area contributed by atoms with Crippen molar-refractivity contribution >= 4 is 51.6 Å². The van der Waals surface area contributed by atoms with Crippen LogP contribution in [0.4, 0.5) is 16.5 Å². The molecule has 0 saturated heterocycles. The van der Waals surface area contributed by atoms with Gasteiger partial charge in [0, 0.05) is 41.5 Å². The Bertz CT molecular complexity index is 1030. The van der Waals surface area contributed by atoms with Crippen molar-refractivity contribution < 1.29 is 14.4 Å². The van der Waals surface area contributed by atoms with E-state index in [2.05, 4.69) is 20.9 Å². The quantitative estimate of drug-likeness (QED) is 0.539. The van der Waals surface area contributed by atoms with Crippen LogP contribution >= 0.6 is 11.3 Å². The molecule has 0 aliphatic rings. The second-order valence-corrected chi connectivity index (χ2v) is 6.89.